The quantitative estimate of drug-likeness (QED) is 0.688. The second-order valence-electron chi connectivity index (χ2n) is 9.11. The lowest BCUT2D eigenvalue weighted by atomic mass is 9.89. The van der Waals surface area contributed by atoms with Gasteiger partial charge < -0.3 is 15.5 Å². The minimum atomic E-state index is -0.412. The largest absolute Gasteiger partial charge is 0.359 e. The highest BCUT2D eigenvalue weighted by Gasteiger charge is 2.23. The number of anilines is 1. The number of benzene rings is 1. The maximum absolute atomic E-state index is 14.6. The van der Waals surface area contributed by atoms with E-state index in [9.17, 15) is 14.0 Å². The zero-order valence-electron chi connectivity index (χ0n) is 20.4. The van der Waals surface area contributed by atoms with Crippen molar-refractivity contribution in [2.24, 2.45) is 0 Å². The van der Waals surface area contributed by atoms with Crippen molar-refractivity contribution in [3.05, 3.63) is 41.8 Å². The lowest BCUT2D eigenvalue weighted by molar-refractivity contribution is -0.130. The third-order valence-electron chi connectivity index (χ3n) is 6.53. The summed E-state index contributed by atoms with van der Waals surface area (Å²) in [5, 5.41) is 5.77. The van der Waals surface area contributed by atoms with Gasteiger partial charge in [-0.15, -0.1) is 0 Å². The van der Waals surface area contributed by atoms with Gasteiger partial charge in [-0.05, 0) is 37.3 Å². The van der Waals surface area contributed by atoms with Gasteiger partial charge in [0.1, 0.15) is 5.69 Å². The highest BCUT2D eigenvalue weighted by atomic mass is 19.1. The first-order chi connectivity index (χ1) is 16.4. The van der Waals surface area contributed by atoms with E-state index in [1.807, 2.05) is 23.1 Å². The summed E-state index contributed by atoms with van der Waals surface area (Å²) in [4.78, 5) is 32.0. The van der Waals surface area contributed by atoms with Crippen LogP contribution < -0.4 is 10.6 Å². The number of amides is 2. The number of likely N-dealkylation sites (tertiary alicyclic amines) is 1. The van der Waals surface area contributed by atoms with E-state index in [1.165, 1.54) is 32.4 Å². The molecule has 2 N–H and O–H groups in total. The summed E-state index contributed by atoms with van der Waals surface area (Å²) in [6.07, 6.45) is 9.22. The Balaban J connectivity index is 0.000000588. The van der Waals surface area contributed by atoms with E-state index in [4.69, 9.17) is 0 Å². The van der Waals surface area contributed by atoms with Crippen LogP contribution in [0.3, 0.4) is 0 Å². The van der Waals surface area contributed by atoms with E-state index < -0.39 is 5.82 Å². The van der Waals surface area contributed by atoms with Gasteiger partial charge in [-0.1, -0.05) is 37.5 Å². The monoisotopic (exact) mass is 469 g/mol. The van der Waals surface area contributed by atoms with Crippen LogP contribution in [-0.2, 0) is 9.59 Å². The SMILES string of the molecule is CC(=O)N1CCCC(c2cccc(-c3nc(NC4CCCCC4)ncc3F)c2)C1.CNC(C)=O. The molecule has 0 spiro atoms. The van der Waals surface area contributed by atoms with Crippen LogP contribution in [0.2, 0.25) is 0 Å². The molecule has 1 atom stereocenters. The van der Waals surface area contributed by atoms with Crippen molar-refractivity contribution in [2.75, 3.05) is 25.5 Å². The first-order valence-electron chi connectivity index (χ1n) is 12.2. The molecule has 7 nitrogen and oxygen atoms in total. The summed E-state index contributed by atoms with van der Waals surface area (Å²) < 4.78 is 14.6. The van der Waals surface area contributed by atoms with Gasteiger partial charge >= 0.3 is 0 Å². The summed E-state index contributed by atoms with van der Waals surface area (Å²) >= 11 is 0. The second-order valence-corrected chi connectivity index (χ2v) is 9.11. The van der Waals surface area contributed by atoms with Gasteiger partial charge in [-0.3, -0.25) is 9.59 Å². The summed E-state index contributed by atoms with van der Waals surface area (Å²) in [6, 6.07) is 8.30. The Kier molecular flexibility index (Phi) is 9.36. The molecule has 8 heteroatoms. The molecule has 2 heterocycles. The summed E-state index contributed by atoms with van der Waals surface area (Å²) in [5.74, 6) is 0.484. The molecular weight excluding hydrogens is 433 g/mol. The third kappa shape index (κ3) is 7.23. The molecule has 1 aromatic carbocycles. The minimum absolute atomic E-state index is 0.00463. The smallest absolute Gasteiger partial charge is 0.223 e. The van der Waals surface area contributed by atoms with Crippen LogP contribution >= 0.6 is 0 Å². The molecule has 184 valence electrons. The molecule has 1 aliphatic carbocycles. The molecule has 1 unspecified atom stereocenters. The van der Waals surface area contributed by atoms with Gasteiger partial charge in [0.15, 0.2) is 5.82 Å². The van der Waals surface area contributed by atoms with E-state index in [-0.39, 0.29) is 17.7 Å². The third-order valence-corrected chi connectivity index (χ3v) is 6.53. The number of carbonyl (C=O) groups excluding carboxylic acids is 2. The fraction of sp³-hybridized carbons (Fsp3) is 0.538. The van der Waals surface area contributed by atoms with Crippen molar-refractivity contribution in [3.63, 3.8) is 0 Å². The fourth-order valence-corrected chi connectivity index (χ4v) is 4.54. The number of nitrogens with zero attached hydrogens (tertiary/aromatic N) is 3. The Hall–Kier alpha value is -3.03. The van der Waals surface area contributed by atoms with E-state index in [0.29, 0.717) is 17.7 Å². The highest BCUT2D eigenvalue weighted by Crippen LogP contribution is 2.31. The number of carbonyl (C=O) groups is 2. The molecule has 0 radical (unpaired) electrons. The first-order valence-corrected chi connectivity index (χ1v) is 12.2. The number of rotatable bonds is 4. The van der Waals surface area contributed by atoms with Crippen molar-refractivity contribution in [2.45, 2.75) is 70.8 Å². The van der Waals surface area contributed by atoms with Crippen LogP contribution in [0.15, 0.2) is 30.5 Å². The average Bonchev–Trinajstić information content (AvgIpc) is 2.86. The predicted octanol–water partition coefficient (Wildman–Crippen LogP) is 4.51. The molecule has 2 aromatic rings. The molecule has 1 aromatic heterocycles. The van der Waals surface area contributed by atoms with Crippen molar-refractivity contribution >= 4 is 17.8 Å². The Morgan fingerprint density at radius 3 is 2.50 bits per heavy atom. The molecule has 4 rings (SSSR count). The topological polar surface area (TPSA) is 87.2 Å². The summed E-state index contributed by atoms with van der Waals surface area (Å²) in [7, 11) is 1.60. The normalized spacial score (nSPS) is 18.5. The van der Waals surface area contributed by atoms with Gasteiger partial charge in [0.05, 0.1) is 6.20 Å². The fourth-order valence-electron chi connectivity index (χ4n) is 4.54. The van der Waals surface area contributed by atoms with Crippen molar-refractivity contribution in [3.8, 4) is 11.3 Å². The summed E-state index contributed by atoms with van der Waals surface area (Å²) in [6.45, 7) is 4.64. The van der Waals surface area contributed by atoms with Crippen LogP contribution in [0.1, 0.15) is 70.3 Å². The molecule has 1 saturated heterocycles. The van der Waals surface area contributed by atoms with Crippen LogP contribution in [0, 0.1) is 5.82 Å². The van der Waals surface area contributed by atoms with Crippen LogP contribution in [0.4, 0.5) is 10.3 Å². The van der Waals surface area contributed by atoms with Crippen LogP contribution in [0.25, 0.3) is 11.3 Å². The lowest BCUT2D eigenvalue weighted by Gasteiger charge is -2.32. The number of halogens is 1. The van der Waals surface area contributed by atoms with Crippen LogP contribution in [-0.4, -0.2) is 52.9 Å². The Morgan fingerprint density at radius 2 is 1.82 bits per heavy atom. The minimum Gasteiger partial charge on any atom is -0.359 e. The molecule has 2 fully saturated rings. The van der Waals surface area contributed by atoms with Crippen molar-refractivity contribution in [1.29, 1.82) is 0 Å². The average molecular weight is 470 g/mol. The van der Waals surface area contributed by atoms with Gasteiger partial charge in [-0.2, -0.15) is 0 Å². The maximum atomic E-state index is 14.6. The van der Waals surface area contributed by atoms with E-state index in [0.717, 1.165) is 49.9 Å². The Labute approximate surface area is 201 Å². The van der Waals surface area contributed by atoms with Gasteiger partial charge in [0.25, 0.3) is 0 Å². The zero-order chi connectivity index (χ0) is 24.5. The molecule has 1 aliphatic heterocycles. The van der Waals surface area contributed by atoms with E-state index >= 15 is 0 Å². The van der Waals surface area contributed by atoms with E-state index in [1.54, 1.807) is 14.0 Å². The zero-order valence-corrected chi connectivity index (χ0v) is 20.4. The molecular formula is C26H36FN5O2. The molecule has 0 bridgehead atoms. The van der Waals surface area contributed by atoms with Gasteiger partial charge in [0.2, 0.25) is 17.8 Å². The Bertz CT molecular complexity index is 977. The number of nitrogens with one attached hydrogen (secondary N) is 2. The number of aromatic nitrogens is 2. The molecule has 34 heavy (non-hydrogen) atoms. The standard InChI is InChI=1S/C23H29FN4O.C3H7NO/c1-16(29)28-12-6-9-19(15-28)17-7-5-8-18(13-17)22-21(24)14-25-23(27-22)26-20-10-3-2-4-11-20;1-3(5)4-2/h5,7-8,13-14,19-20H,2-4,6,9-12,15H2,1H3,(H,25,26,27);1-2H3,(H,4,5). The number of hydrogen-bond acceptors (Lipinski definition) is 5. The lowest BCUT2D eigenvalue weighted by Crippen LogP contribution is -2.37. The predicted molar refractivity (Wildman–Crippen MR) is 132 cm³/mol. The maximum Gasteiger partial charge on any atom is 0.223 e. The number of piperidine rings is 1. The van der Waals surface area contributed by atoms with Gasteiger partial charge in [-0.25, -0.2) is 14.4 Å². The summed E-state index contributed by atoms with van der Waals surface area (Å²) in [5.41, 5.74) is 2.22. The first kappa shape index (κ1) is 25.6. The Morgan fingerprint density at radius 1 is 1.09 bits per heavy atom. The van der Waals surface area contributed by atoms with Crippen molar-refractivity contribution < 1.29 is 14.0 Å². The highest BCUT2D eigenvalue weighted by molar-refractivity contribution is 5.73. The van der Waals surface area contributed by atoms with Crippen molar-refractivity contribution in [1.82, 2.24) is 20.2 Å². The number of hydrogen-bond donors (Lipinski definition) is 2. The van der Waals surface area contributed by atoms with Crippen LogP contribution in [0.5, 0.6) is 0 Å². The second kappa shape index (κ2) is 12.4. The van der Waals surface area contributed by atoms with E-state index in [2.05, 4.69) is 26.7 Å². The molecule has 2 aliphatic rings. The molecule has 1 saturated carbocycles. The molecule has 2 amide bonds. The van der Waals surface area contributed by atoms with Gasteiger partial charge in [0, 0.05) is 51.5 Å².